The normalized spacial score (nSPS) is 11.6. The van der Waals surface area contributed by atoms with E-state index in [0.717, 1.165) is 22.9 Å². The van der Waals surface area contributed by atoms with Gasteiger partial charge in [0.1, 0.15) is 0 Å². The summed E-state index contributed by atoms with van der Waals surface area (Å²) in [7, 11) is 0. The number of unbranched alkanes of at least 4 members (excludes halogenated alkanes) is 1. The van der Waals surface area contributed by atoms with Crippen LogP contribution in [0, 0.1) is 0 Å². The molecular formula is C12H17N3O2S2. The van der Waals surface area contributed by atoms with Gasteiger partial charge in [-0.25, -0.2) is 0 Å². The zero-order valence-electron chi connectivity index (χ0n) is 11.2. The van der Waals surface area contributed by atoms with E-state index in [1.807, 2.05) is 13.8 Å². The summed E-state index contributed by atoms with van der Waals surface area (Å²) in [6, 6.07) is 0. The quantitative estimate of drug-likeness (QED) is 0.679. The van der Waals surface area contributed by atoms with Crippen molar-refractivity contribution in [2.45, 2.75) is 43.9 Å². The maximum atomic E-state index is 12.2. The van der Waals surface area contributed by atoms with Crippen molar-refractivity contribution >= 4 is 28.1 Å². The van der Waals surface area contributed by atoms with Gasteiger partial charge in [0.25, 0.3) is 5.56 Å². The minimum absolute atomic E-state index is 0.0743. The molecule has 0 saturated carbocycles. The van der Waals surface area contributed by atoms with Crippen molar-refractivity contribution in [2.24, 2.45) is 0 Å². The second-order valence-corrected chi connectivity index (χ2v) is 6.87. The first kappa shape index (κ1) is 14.3. The Morgan fingerprint density at radius 1 is 1.47 bits per heavy atom. The van der Waals surface area contributed by atoms with Gasteiger partial charge < -0.3 is 5.11 Å². The Bertz CT molecular complexity index is 634. The molecule has 1 N–H and O–H groups in total. The van der Waals surface area contributed by atoms with E-state index in [0.29, 0.717) is 10.5 Å². The van der Waals surface area contributed by atoms with Crippen LogP contribution in [-0.2, 0) is 0 Å². The van der Waals surface area contributed by atoms with E-state index >= 15 is 0 Å². The Balaban J connectivity index is 2.43. The highest BCUT2D eigenvalue weighted by Gasteiger charge is 2.18. The Morgan fingerprint density at radius 2 is 2.21 bits per heavy atom. The molecular weight excluding hydrogens is 282 g/mol. The summed E-state index contributed by atoms with van der Waals surface area (Å²) in [6.07, 6.45) is 2.25. The maximum absolute atomic E-state index is 12.2. The van der Waals surface area contributed by atoms with E-state index in [1.54, 1.807) is 11.8 Å². The SMILES string of the molecule is CCCCSc1nn2c(=O)c(C(C)C)c(O)nc2s1. The summed E-state index contributed by atoms with van der Waals surface area (Å²) in [4.78, 5) is 16.7. The Hall–Kier alpha value is -1.08. The van der Waals surface area contributed by atoms with Gasteiger partial charge in [-0.15, -0.1) is 5.10 Å². The number of thioether (sulfide) groups is 1. The molecule has 0 spiro atoms. The van der Waals surface area contributed by atoms with Crippen molar-refractivity contribution in [3.05, 3.63) is 15.9 Å². The minimum atomic E-state index is -0.268. The molecule has 0 unspecified atom stereocenters. The van der Waals surface area contributed by atoms with Gasteiger partial charge in [-0.3, -0.25) is 4.79 Å². The number of hydrogen-bond donors (Lipinski definition) is 1. The van der Waals surface area contributed by atoms with Gasteiger partial charge in [0.05, 0.1) is 5.56 Å². The molecule has 2 aromatic rings. The topological polar surface area (TPSA) is 67.5 Å². The van der Waals surface area contributed by atoms with Gasteiger partial charge in [-0.1, -0.05) is 50.3 Å². The average molecular weight is 299 g/mol. The second-order valence-electron chi connectivity index (χ2n) is 4.57. The lowest BCUT2D eigenvalue weighted by molar-refractivity contribution is 0.440. The number of hydrogen-bond acceptors (Lipinski definition) is 6. The highest BCUT2D eigenvalue weighted by Crippen LogP contribution is 2.27. The Morgan fingerprint density at radius 3 is 2.84 bits per heavy atom. The lowest BCUT2D eigenvalue weighted by Gasteiger charge is -2.05. The van der Waals surface area contributed by atoms with E-state index < -0.39 is 0 Å². The predicted molar refractivity (Wildman–Crippen MR) is 78.5 cm³/mol. The van der Waals surface area contributed by atoms with E-state index in [-0.39, 0.29) is 17.4 Å². The molecule has 0 amide bonds. The third-order valence-electron chi connectivity index (χ3n) is 2.71. The monoisotopic (exact) mass is 299 g/mol. The summed E-state index contributed by atoms with van der Waals surface area (Å²) in [5.41, 5.74) is 0.0593. The van der Waals surface area contributed by atoms with Crippen molar-refractivity contribution in [1.29, 1.82) is 0 Å². The summed E-state index contributed by atoms with van der Waals surface area (Å²) in [6.45, 7) is 5.85. The van der Waals surface area contributed by atoms with E-state index in [1.165, 1.54) is 15.9 Å². The molecule has 5 nitrogen and oxygen atoms in total. The number of aromatic nitrogens is 3. The molecule has 0 atom stereocenters. The molecule has 7 heteroatoms. The zero-order chi connectivity index (χ0) is 14.0. The van der Waals surface area contributed by atoms with Crippen LogP contribution in [0.15, 0.2) is 9.13 Å². The molecule has 2 heterocycles. The average Bonchev–Trinajstić information content (AvgIpc) is 2.72. The fraction of sp³-hybridized carbons (Fsp3) is 0.583. The van der Waals surface area contributed by atoms with Gasteiger partial charge in [0.2, 0.25) is 10.8 Å². The molecule has 104 valence electrons. The van der Waals surface area contributed by atoms with Gasteiger partial charge >= 0.3 is 0 Å². The highest BCUT2D eigenvalue weighted by atomic mass is 32.2. The lowest BCUT2D eigenvalue weighted by atomic mass is 10.1. The summed E-state index contributed by atoms with van der Waals surface area (Å²) in [5.74, 6) is 0.734. The molecule has 0 saturated heterocycles. The lowest BCUT2D eigenvalue weighted by Crippen LogP contribution is -2.20. The molecule has 2 rings (SSSR count). The largest absolute Gasteiger partial charge is 0.493 e. The van der Waals surface area contributed by atoms with Crippen molar-refractivity contribution in [3.8, 4) is 5.88 Å². The fourth-order valence-corrected chi connectivity index (χ4v) is 3.77. The van der Waals surface area contributed by atoms with Crippen LogP contribution in [0.2, 0.25) is 0 Å². The fourth-order valence-electron chi connectivity index (χ4n) is 1.70. The molecule has 0 aliphatic heterocycles. The smallest absolute Gasteiger partial charge is 0.282 e. The first-order valence-electron chi connectivity index (χ1n) is 6.30. The molecule has 0 fully saturated rings. The number of aromatic hydroxyl groups is 1. The Kier molecular flexibility index (Phi) is 4.46. The third-order valence-corrected chi connectivity index (χ3v) is 4.84. The van der Waals surface area contributed by atoms with Crippen LogP contribution in [0.4, 0.5) is 0 Å². The summed E-state index contributed by atoms with van der Waals surface area (Å²) >= 11 is 2.97. The number of fused-ring (bicyclic) bond motifs is 1. The number of rotatable bonds is 5. The molecule has 0 aliphatic rings. The summed E-state index contributed by atoms with van der Waals surface area (Å²) in [5, 5.41) is 14.1. The standard InChI is InChI=1S/C12H17N3O2S2/c1-4-5-6-18-12-14-15-10(17)8(7(2)3)9(16)13-11(15)19-12/h7,16H,4-6H2,1-3H3. The van der Waals surface area contributed by atoms with Crippen molar-refractivity contribution in [2.75, 3.05) is 5.75 Å². The van der Waals surface area contributed by atoms with Gasteiger partial charge in [-0.05, 0) is 12.3 Å². The van der Waals surface area contributed by atoms with Crippen molar-refractivity contribution in [3.63, 3.8) is 0 Å². The molecule has 2 aromatic heterocycles. The highest BCUT2D eigenvalue weighted by molar-refractivity contribution is 8.01. The number of nitrogens with zero attached hydrogens (tertiary/aromatic N) is 3. The van der Waals surface area contributed by atoms with E-state index in [4.69, 9.17) is 0 Å². The minimum Gasteiger partial charge on any atom is -0.493 e. The van der Waals surface area contributed by atoms with Crippen molar-refractivity contribution in [1.82, 2.24) is 14.6 Å². The Labute approximate surface area is 119 Å². The van der Waals surface area contributed by atoms with Crippen molar-refractivity contribution < 1.29 is 5.11 Å². The van der Waals surface area contributed by atoms with E-state index in [9.17, 15) is 9.90 Å². The second kappa shape index (κ2) is 5.92. The van der Waals surface area contributed by atoms with Gasteiger partial charge in [0, 0.05) is 5.75 Å². The van der Waals surface area contributed by atoms with Crippen LogP contribution in [0.25, 0.3) is 4.96 Å². The predicted octanol–water partition coefficient (Wildman–Crippen LogP) is 2.87. The van der Waals surface area contributed by atoms with Crippen LogP contribution in [0.1, 0.15) is 45.1 Å². The van der Waals surface area contributed by atoms with Crippen LogP contribution in [0.5, 0.6) is 5.88 Å². The van der Waals surface area contributed by atoms with E-state index in [2.05, 4.69) is 17.0 Å². The molecule has 19 heavy (non-hydrogen) atoms. The van der Waals surface area contributed by atoms with Crippen LogP contribution in [-0.4, -0.2) is 25.5 Å². The van der Waals surface area contributed by atoms with Crippen LogP contribution < -0.4 is 5.56 Å². The maximum Gasteiger partial charge on any atom is 0.282 e. The molecule has 0 aliphatic carbocycles. The molecule has 0 radical (unpaired) electrons. The van der Waals surface area contributed by atoms with Crippen LogP contribution in [0.3, 0.4) is 0 Å². The van der Waals surface area contributed by atoms with Crippen LogP contribution >= 0.6 is 23.1 Å². The molecule has 0 aromatic carbocycles. The van der Waals surface area contributed by atoms with Gasteiger partial charge in [-0.2, -0.15) is 9.50 Å². The summed E-state index contributed by atoms with van der Waals surface area (Å²) < 4.78 is 2.12. The first-order valence-corrected chi connectivity index (χ1v) is 8.10. The zero-order valence-corrected chi connectivity index (χ0v) is 12.8. The third kappa shape index (κ3) is 2.92. The molecule has 0 bridgehead atoms. The van der Waals surface area contributed by atoms with Gasteiger partial charge in [0.15, 0.2) is 4.34 Å². The first-order chi connectivity index (χ1) is 9.04.